The fourth-order valence-corrected chi connectivity index (χ4v) is 3.45. The van der Waals surface area contributed by atoms with Crippen LogP contribution in [0.15, 0.2) is 0 Å². The summed E-state index contributed by atoms with van der Waals surface area (Å²) in [5.41, 5.74) is -0.378. The van der Waals surface area contributed by atoms with E-state index in [-0.39, 0.29) is 30.3 Å². The Hall–Kier alpha value is -0.530. The van der Waals surface area contributed by atoms with Gasteiger partial charge in [0.15, 0.2) is 0 Å². The van der Waals surface area contributed by atoms with Gasteiger partial charge in [0, 0.05) is 12.6 Å². The molecule has 0 bridgehead atoms. The quantitative estimate of drug-likeness (QED) is 0.804. The molecule has 4 nitrogen and oxygen atoms in total. The predicted molar refractivity (Wildman–Crippen MR) is 79.0 cm³/mol. The highest BCUT2D eigenvalue weighted by atomic mass is 35.5. The maximum atomic E-state index is 12.5. The smallest absolute Gasteiger partial charge is 0.370 e. The number of amides is 1. The predicted octanol–water partition coefficient (Wildman–Crippen LogP) is 2.27. The van der Waals surface area contributed by atoms with Crippen molar-refractivity contribution in [2.45, 2.75) is 44.8 Å². The molecule has 8 heteroatoms. The van der Waals surface area contributed by atoms with Gasteiger partial charge in [0.25, 0.3) is 0 Å². The summed E-state index contributed by atoms with van der Waals surface area (Å²) in [7, 11) is 0. The van der Waals surface area contributed by atoms with Crippen LogP contribution in [0.2, 0.25) is 0 Å². The zero-order valence-corrected chi connectivity index (χ0v) is 13.5. The molecule has 0 aromatic rings. The molecule has 130 valence electrons. The van der Waals surface area contributed by atoms with Gasteiger partial charge in [-0.3, -0.25) is 4.79 Å². The van der Waals surface area contributed by atoms with Crippen molar-refractivity contribution >= 4 is 18.3 Å². The van der Waals surface area contributed by atoms with Crippen LogP contribution in [0, 0.1) is 11.3 Å². The Labute approximate surface area is 134 Å². The molecule has 0 radical (unpaired) electrons. The first-order chi connectivity index (χ1) is 9.83. The first-order valence-corrected chi connectivity index (χ1v) is 7.50. The molecule has 0 aromatic heterocycles. The standard InChI is InChI=1S/C14H23F3N2O2.ClH/c1-10(7-21-9-14(15,16)17)19-12(20)13-5-3-2-4-11(13)6-18-8-13;/h10-11,18H,2-9H2,1H3,(H,19,20);1H/t10?,11-,13+;/m0./s1. The van der Waals surface area contributed by atoms with Gasteiger partial charge >= 0.3 is 6.18 Å². The van der Waals surface area contributed by atoms with Gasteiger partial charge in [-0.05, 0) is 32.2 Å². The van der Waals surface area contributed by atoms with Crippen LogP contribution in [0.4, 0.5) is 13.2 Å². The molecular formula is C14H24ClF3N2O2. The number of alkyl halides is 3. The molecule has 1 aliphatic carbocycles. The SMILES string of the molecule is CC(COCC(F)(F)F)NC(=O)[C@@]12CCCC[C@H]1CNC2.Cl. The number of carbonyl (C=O) groups is 1. The zero-order valence-electron chi connectivity index (χ0n) is 12.7. The van der Waals surface area contributed by atoms with E-state index in [1.54, 1.807) is 6.92 Å². The second kappa shape index (κ2) is 7.84. The van der Waals surface area contributed by atoms with Gasteiger partial charge in [-0.2, -0.15) is 13.2 Å². The Morgan fingerprint density at radius 2 is 2.18 bits per heavy atom. The first kappa shape index (κ1) is 19.5. The molecule has 1 aliphatic heterocycles. The van der Waals surface area contributed by atoms with E-state index in [0.29, 0.717) is 12.5 Å². The molecule has 1 amide bonds. The largest absolute Gasteiger partial charge is 0.411 e. The Morgan fingerprint density at radius 1 is 1.45 bits per heavy atom. The highest BCUT2D eigenvalue weighted by molar-refractivity contribution is 5.85. The van der Waals surface area contributed by atoms with Crippen LogP contribution >= 0.6 is 12.4 Å². The molecule has 2 fully saturated rings. The maximum Gasteiger partial charge on any atom is 0.411 e. The van der Waals surface area contributed by atoms with E-state index in [4.69, 9.17) is 0 Å². The van der Waals surface area contributed by atoms with E-state index in [2.05, 4.69) is 15.4 Å². The van der Waals surface area contributed by atoms with Crippen molar-refractivity contribution in [1.82, 2.24) is 10.6 Å². The Bertz CT molecular complexity index is 382. The number of hydrogen-bond donors (Lipinski definition) is 2. The third-order valence-corrected chi connectivity index (χ3v) is 4.50. The van der Waals surface area contributed by atoms with Gasteiger partial charge in [-0.25, -0.2) is 0 Å². The minimum atomic E-state index is -4.33. The normalized spacial score (nSPS) is 29.4. The van der Waals surface area contributed by atoms with Crippen LogP contribution < -0.4 is 10.6 Å². The topological polar surface area (TPSA) is 50.4 Å². The average molecular weight is 345 g/mol. The van der Waals surface area contributed by atoms with Gasteiger partial charge in [0.05, 0.1) is 12.0 Å². The van der Waals surface area contributed by atoms with Crippen molar-refractivity contribution < 1.29 is 22.7 Å². The molecular weight excluding hydrogens is 321 g/mol. The molecule has 1 unspecified atom stereocenters. The van der Waals surface area contributed by atoms with Crippen molar-refractivity contribution in [3.8, 4) is 0 Å². The molecule has 2 N–H and O–H groups in total. The average Bonchev–Trinajstić information content (AvgIpc) is 2.81. The maximum absolute atomic E-state index is 12.5. The minimum Gasteiger partial charge on any atom is -0.370 e. The lowest BCUT2D eigenvalue weighted by Crippen LogP contribution is -2.51. The molecule has 2 aliphatic rings. The van der Waals surface area contributed by atoms with Crippen LogP contribution in [0.1, 0.15) is 32.6 Å². The van der Waals surface area contributed by atoms with Crippen LogP contribution in [0.3, 0.4) is 0 Å². The van der Waals surface area contributed by atoms with Crippen molar-refractivity contribution in [3.63, 3.8) is 0 Å². The number of carbonyl (C=O) groups excluding carboxylic acids is 1. The Balaban J connectivity index is 0.00000242. The summed E-state index contributed by atoms with van der Waals surface area (Å²) in [6.45, 7) is 1.79. The number of hydrogen-bond acceptors (Lipinski definition) is 3. The summed E-state index contributed by atoms with van der Waals surface area (Å²) in [4.78, 5) is 12.5. The number of nitrogens with one attached hydrogen (secondary N) is 2. The summed E-state index contributed by atoms with van der Waals surface area (Å²) in [5, 5.41) is 6.11. The van der Waals surface area contributed by atoms with E-state index in [1.807, 2.05) is 0 Å². The molecule has 2 rings (SSSR count). The lowest BCUT2D eigenvalue weighted by atomic mass is 9.67. The van der Waals surface area contributed by atoms with Crippen molar-refractivity contribution in [3.05, 3.63) is 0 Å². The van der Waals surface area contributed by atoms with E-state index in [0.717, 1.165) is 32.2 Å². The zero-order chi connectivity index (χ0) is 15.5. The van der Waals surface area contributed by atoms with E-state index in [9.17, 15) is 18.0 Å². The summed E-state index contributed by atoms with van der Waals surface area (Å²) < 4.78 is 40.6. The molecule has 22 heavy (non-hydrogen) atoms. The first-order valence-electron chi connectivity index (χ1n) is 7.50. The van der Waals surface area contributed by atoms with Gasteiger partial charge in [0.2, 0.25) is 5.91 Å². The molecule has 1 saturated carbocycles. The second-order valence-electron chi connectivity index (χ2n) is 6.23. The number of fused-ring (bicyclic) bond motifs is 1. The minimum absolute atomic E-state index is 0. The summed E-state index contributed by atoms with van der Waals surface area (Å²) in [6, 6.07) is -0.419. The van der Waals surface area contributed by atoms with Crippen molar-refractivity contribution in [2.24, 2.45) is 11.3 Å². The second-order valence-corrected chi connectivity index (χ2v) is 6.23. The highest BCUT2D eigenvalue weighted by Gasteiger charge is 2.49. The molecule has 0 aromatic carbocycles. The van der Waals surface area contributed by atoms with Gasteiger partial charge in [0.1, 0.15) is 6.61 Å². The number of ether oxygens (including phenoxy) is 1. The monoisotopic (exact) mass is 344 g/mol. The van der Waals surface area contributed by atoms with Crippen molar-refractivity contribution in [2.75, 3.05) is 26.3 Å². The van der Waals surface area contributed by atoms with Crippen LogP contribution in [0.5, 0.6) is 0 Å². The third-order valence-electron chi connectivity index (χ3n) is 4.50. The third kappa shape index (κ3) is 4.73. The van der Waals surface area contributed by atoms with Gasteiger partial charge in [-0.1, -0.05) is 12.8 Å². The fourth-order valence-electron chi connectivity index (χ4n) is 3.45. The summed E-state index contributed by atoms with van der Waals surface area (Å²) >= 11 is 0. The Morgan fingerprint density at radius 3 is 2.86 bits per heavy atom. The summed E-state index contributed by atoms with van der Waals surface area (Å²) in [6.07, 6.45) is -0.256. The van der Waals surface area contributed by atoms with E-state index >= 15 is 0 Å². The highest BCUT2D eigenvalue weighted by Crippen LogP contribution is 2.43. The lowest BCUT2D eigenvalue weighted by Gasteiger charge is -2.37. The molecule has 3 atom stereocenters. The molecule has 0 spiro atoms. The summed E-state index contributed by atoms with van der Waals surface area (Å²) in [5.74, 6) is 0.301. The van der Waals surface area contributed by atoms with Crippen LogP contribution in [-0.2, 0) is 9.53 Å². The number of rotatable bonds is 5. The van der Waals surface area contributed by atoms with Gasteiger partial charge in [-0.15, -0.1) is 12.4 Å². The molecule has 1 heterocycles. The van der Waals surface area contributed by atoms with E-state index in [1.165, 1.54) is 0 Å². The number of halogens is 4. The van der Waals surface area contributed by atoms with Crippen LogP contribution in [0.25, 0.3) is 0 Å². The fraction of sp³-hybridized carbons (Fsp3) is 0.929. The van der Waals surface area contributed by atoms with E-state index < -0.39 is 18.8 Å². The van der Waals surface area contributed by atoms with Crippen molar-refractivity contribution in [1.29, 1.82) is 0 Å². The Kier molecular flexibility index (Phi) is 6.95. The van der Waals surface area contributed by atoms with Gasteiger partial charge < -0.3 is 15.4 Å². The molecule has 1 saturated heterocycles. The van der Waals surface area contributed by atoms with Crippen LogP contribution in [-0.4, -0.2) is 44.4 Å². The lowest BCUT2D eigenvalue weighted by molar-refractivity contribution is -0.175.